The highest BCUT2D eigenvalue weighted by molar-refractivity contribution is 7.98. The first-order chi connectivity index (χ1) is 7.02. The number of thioether (sulfide) groups is 1. The van der Waals surface area contributed by atoms with Gasteiger partial charge in [0, 0.05) is 12.6 Å². The molecule has 0 rings (SSSR count). The minimum Gasteiger partial charge on any atom is -0.396 e. The number of hydrogen-bond acceptors (Lipinski definition) is 4. The fourth-order valence-electron chi connectivity index (χ4n) is 1.01. The number of nitrogens with two attached hydrogens (primary N) is 1. The average molecular weight is 234 g/mol. The van der Waals surface area contributed by atoms with Gasteiger partial charge in [0.1, 0.15) is 0 Å². The normalized spacial score (nSPS) is 16.9. The Balaban J connectivity index is 3.90. The van der Waals surface area contributed by atoms with E-state index in [1.165, 1.54) is 0 Å². The molecule has 0 aliphatic carbocycles. The van der Waals surface area contributed by atoms with Gasteiger partial charge in [-0.2, -0.15) is 11.8 Å². The Hall–Kier alpha value is -0.260. The topological polar surface area (TPSA) is 75.4 Å². The lowest BCUT2D eigenvalue weighted by atomic mass is 10.0. The molecule has 0 bridgehead atoms. The van der Waals surface area contributed by atoms with Crippen LogP contribution in [0, 0.1) is 5.92 Å². The van der Waals surface area contributed by atoms with Crippen LogP contribution in [-0.2, 0) is 4.79 Å². The Morgan fingerprint density at radius 2 is 2.13 bits per heavy atom. The molecule has 2 unspecified atom stereocenters. The first kappa shape index (κ1) is 14.7. The highest BCUT2D eigenvalue weighted by atomic mass is 32.2. The van der Waals surface area contributed by atoms with Crippen molar-refractivity contribution in [3.63, 3.8) is 0 Å². The molecule has 5 heteroatoms. The fourth-order valence-corrected chi connectivity index (χ4v) is 1.50. The second-order valence-electron chi connectivity index (χ2n) is 3.85. The Kier molecular flexibility index (Phi) is 7.82. The molecule has 0 spiro atoms. The molecular formula is C10H22N2O2S. The van der Waals surface area contributed by atoms with Crippen LogP contribution in [0.15, 0.2) is 0 Å². The van der Waals surface area contributed by atoms with E-state index in [4.69, 9.17) is 10.8 Å². The summed E-state index contributed by atoms with van der Waals surface area (Å²) in [7, 11) is 0. The van der Waals surface area contributed by atoms with Crippen molar-refractivity contribution in [1.82, 2.24) is 5.32 Å². The molecule has 4 N–H and O–H groups in total. The number of amides is 1. The highest BCUT2D eigenvalue weighted by Gasteiger charge is 2.18. The average Bonchev–Trinajstić information content (AvgIpc) is 2.24. The summed E-state index contributed by atoms with van der Waals surface area (Å²) >= 11 is 1.68. The zero-order valence-electron chi connectivity index (χ0n) is 9.69. The third-order valence-corrected chi connectivity index (χ3v) is 3.13. The number of hydrogen-bond donors (Lipinski definition) is 3. The lowest BCUT2D eigenvalue weighted by Gasteiger charge is -2.21. The van der Waals surface area contributed by atoms with Crippen LogP contribution in [0.4, 0.5) is 0 Å². The Bertz CT molecular complexity index is 190. The van der Waals surface area contributed by atoms with Crippen molar-refractivity contribution in [2.75, 3.05) is 18.6 Å². The van der Waals surface area contributed by atoms with Crippen LogP contribution in [0.3, 0.4) is 0 Å². The largest absolute Gasteiger partial charge is 0.396 e. The van der Waals surface area contributed by atoms with Crippen molar-refractivity contribution in [2.24, 2.45) is 11.7 Å². The summed E-state index contributed by atoms with van der Waals surface area (Å²) in [6, 6.07) is -0.478. The zero-order valence-corrected chi connectivity index (χ0v) is 10.5. The van der Waals surface area contributed by atoms with Gasteiger partial charge in [-0.3, -0.25) is 4.79 Å². The Labute approximate surface area is 96.0 Å². The van der Waals surface area contributed by atoms with Crippen LogP contribution in [0.1, 0.15) is 20.3 Å². The zero-order chi connectivity index (χ0) is 11.8. The number of carbonyl (C=O) groups excluding carboxylic acids is 1. The van der Waals surface area contributed by atoms with Gasteiger partial charge in [0.15, 0.2) is 0 Å². The third kappa shape index (κ3) is 6.02. The molecular weight excluding hydrogens is 212 g/mol. The van der Waals surface area contributed by atoms with Crippen LogP contribution in [0.25, 0.3) is 0 Å². The van der Waals surface area contributed by atoms with Crippen LogP contribution < -0.4 is 11.1 Å². The summed E-state index contributed by atoms with van der Waals surface area (Å²) in [5.74, 6) is 0.817. The van der Waals surface area contributed by atoms with Gasteiger partial charge in [0.2, 0.25) is 5.91 Å². The maximum atomic E-state index is 11.6. The van der Waals surface area contributed by atoms with Crippen LogP contribution >= 0.6 is 11.8 Å². The SMILES string of the molecule is CSCC[C@@H](N)C(=O)NC(C)C(C)CO. The predicted octanol–water partition coefficient (Wildman–Crippen LogP) is 0.200. The van der Waals surface area contributed by atoms with Gasteiger partial charge < -0.3 is 16.2 Å². The van der Waals surface area contributed by atoms with Crippen molar-refractivity contribution >= 4 is 17.7 Å². The van der Waals surface area contributed by atoms with Crippen LogP contribution in [0.2, 0.25) is 0 Å². The third-order valence-electron chi connectivity index (χ3n) is 2.48. The first-order valence-electron chi connectivity index (χ1n) is 5.18. The molecule has 3 atom stereocenters. The number of aliphatic hydroxyl groups excluding tert-OH is 1. The molecule has 0 aliphatic heterocycles. The van der Waals surface area contributed by atoms with E-state index in [2.05, 4.69) is 5.32 Å². The lowest BCUT2D eigenvalue weighted by Crippen LogP contribution is -2.47. The Morgan fingerprint density at radius 3 is 2.60 bits per heavy atom. The molecule has 1 amide bonds. The lowest BCUT2D eigenvalue weighted by molar-refractivity contribution is -0.123. The molecule has 0 saturated carbocycles. The van der Waals surface area contributed by atoms with Crippen molar-refractivity contribution in [1.29, 1.82) is 0 Å². The molecule has 0 heterocycles. The van der Waals surface area contributed by atoms with Gasteiger partial charge in [-0.1, -0.05) is 6.92 Å². The van der Waals surface area contributed by atoms with E-state index in [-0.39, 0.29) is 24.5 Å². The first-order valence-corrected chi connectivity index (χ1v) is 6.58. The predicted molar refractivity (Wildman–Crippen MR) is 64.8 cm³/mol. The van der Waals surface area contributed by atoms with E-state index in [1.807, 2.05) is 20.1 Å². The maximum absolute atomic E-state index is 11.6. The van der Waals surface area contributed by atoms with Gasteiger partial charge in [-0.15, -0.1) is 0 Å². The standard InChI is InChI=1S/C10H22N2O2S/c1-7(6-13)8(2)12-10(14)9(11)4-5-15-3/h7-9,13H,4-6,11H2,1-3H3,(H,12,14)/t7?,8?,9-/m1/s1. The smallest absolute Gasteiger partial charge is 0.237 e. The van der Waals surface area contributed by atoms with Gasteiger partial charge in [0.05, 0.1) is 6.04 Å². The number of rotatable bonds is 7. The van der Waals surface area contributed by atoms with Crippen molar-refractivity contribution in [3.05, 3.63) is 0 Å². The van der Waals surface area contributed by atoms with Gasteiger partial charge in [-0.05, 0) is 31.3 Å². The van der Waals surface area contributed by atoms with Gasteiger partial charge in [-0.25, -0.2) is 0 Å². The summed E-state index contributed by atoms with van der Waals surface area (Å²) in [6.07, 6.45) is 2.67. The second kappa shape index (κ2) is 7.96. The van der Waals surface area contributed by atoms with E-state index in [9.17, 15) is 4.79 Å². The van der Waals surface area contributed by atoms with Crippen molar-refractivity contribution in [3.8, 4) is 0 Å². The van der Waals surface area contributed by atoms with E-state index in [0.29, 0.717) is 6.42 Å². The minimum absolute atomic E-state index is 0.0390. The van der Waals surface area contributed by atoms with Gasteiger partial charge >= 0.3 is 0 Å². The molecule has 0 radical (unpaired) electrons. The van der Waals surface area contributed by atoms with Crippen molar-refractivity contribution < 1.29 is 9.90 Å². The Morgan fingerprint density at radius 1 is 1.53 bits per heavy atom. The number of aliphatic hydroxyl groups is 1. The van der Waals surface area contributed by atoms with Crippen LogP contribution in [-0.4, -0.2) is 41.7 Å². The minimum atomic E-state index is -0.439. The van der Waals surface area contributed by atoms with Crippen molar-refractivity contribution in [2.45, 2.75) is 32.4 Å². The second-order valence-corrected chi connectivity index (χ2v) is 4.83. The summed E-state index contributed by atoms with van der Waals surface area (Å²) in [6.45, 7) is 3.83. The number of carbonyl (C=O) groups is 1. The maximum Gasteiger partial charge on any atom is 0.237 e. The summed E-state index contributed by atoms with van der Waals surface area (Å²) < 4.78 is 0. The van der Waals surface area contributed by atoms with E-state index >= 15 is 0 Å². The highest BCUT2D eigenvalue weighted by Crippen LogP contribution is 2.03. The fraction of sp³-hybridized carbons (Fsp3) is 0.900. The van der Waals surface area contributed by atoms with Crippen LogP contribution in [0.5, 0.6) is 0 Å². The molecule has 15 heavy (non-hydrogen) atoms. The molecule has 90 valence electrons. The van der Waals surface area contributed by atoms with E-state index in [0.717, 1.165) is 5.75 Å². The molecule has 0 aromatic heterocycles. The molecule has 0 fully saturated rings. The monoisotopic (exact) mass is 234 g/mol. The molecule has 0 aliphatic rings. The van der Waals surface area contributed by atoms with Gasteiger partial charge in [0.25, 0.3) is 0 Å². The van der Waals surface area contributed by atoms with E-state index in [1.54, 1.807) is 11.8 Å². The van der Waals surface area contributed by atoms with E-state index < -0.39 is 6.04 Å². The summed E-state index contributed by atoms with van der Waals surface area (Å²) in [5, 5.41) is 11.7. The molecule has 4 nitrogen and oxygen atoms in total. The molecule has 0 saturated heterocycles. The number of nitrogens with one attached hydrogen (secondary N) is 1. The molecule has 0 aromatic carbocycles. The molecule has 0 aromatic rings. The quantitative estimate of drug-likeness (QED) is 0.588. The summed E-state index contributed by atoms with van der Waals surface area (Å²) in [5.41, 5.74) is 5.71. The summed E-state index contributed by atoms with van der Waals surface area (Å²) in [4.78, 5) is 11.6.